The Kier molecular flexibility index (Phi) is 4.66. The second-order valence-corrected chi connectivity index (χ2v) is 6.49. The van der Waals surface area contributed by atoms with Gasteiger partial charge in [0.05, 0.1) is 16.2 Å². The Labute approximate surface area is 131 Å². The van der Waals surface area contributed by atoms with Crippen LogP contribution in [0.4, 0.5) is 0 Å². The summed E-state index contributed by atoms with van der Waals surface area (Å²) in [5.41, 5.74) is 6.77. The van der Waals surface area contributed by atoms with Crippen molar-refractivity contribution in [2.24, 2.45) is 18.7 Å². The summed E-state index contributed by atoms with van der Waals surface area (Å²) < 4.78 is 1.59. The molecule has 0 spiro atoms. The monoisotopic (exact) mass is 308 g/mol. The molecule has 116 valence electrons. The Hall–Kier alpha value is -1.43. The number of nitrogens with two attached hydrogens (primary N) is 1. The molecule has 1 heterocycles. The van der Waals surface area contributed by atoms with E-state index in [1.165, 1.54) is 6.42 Å². The number of aromatic nitrogens is 2. The van der Waals surface area contributed by atoms with Crippen LogP contribution in [-0.4, -0.2) is 26.2 Å². The van der Waals surface area contributed by atoms with Gasteiger partial charge in [-0.15, -0.1) is 0 Å². The van der Waals surface area contributed by atoms with Gasteiger partial charge in [0.15, 0.2) is 0 Å². The fraction of sp³-hybridized carbons (Fsp3) is 0.667. The molecule has 1 saturated carbocycles. The van der Waals surface area contributed by atoms with Crippen molar-refractivity contribution in [1.82, 2.24) is 15.1 Å². The van der Waals surface area contributed by atoms with Crippen LogP contribution >= 0.6 is 12.2 Å². The van der Waals surface area contributed by atoms with E-state index in [1.54, 1.807) is 17.8 Å². The molecule has 1 aromatic rings. The molecule has 1 aliphatic rings. The van der Waals surface area contributed by atoms with E-state index in [0.717, 1.165) is 31.4 Å². The first-order valence-corrected chi connectivity index (χ1v) is 7.92. The maximum Gasteiger partial charge on any atom is 0.270 e. The lowest BCUT2D eigenvalue weighted by molar-refractivity contribution is 0.0888. The normalized spacial score (nSPS) is 25.6. The lowest BCUT2D eigenvalue weighted by Crippen LogP contribution is -2.58. The first kappa shape index (κ1) is 15.9. The van der Waals surface area contributed by atoms with Gasteiger partial charge in [0, 0.05) is 7.05 Å². The Morgan fingerprint density at radius 2 is 2.19 bits per heavy atom. The molecule has 0 bridgehead atoms. The Morgan fingerprint density at radius 3 is 2.62 bits per heavy atom. The van der Waals surface area contributed by atoms with Crippen LogP contribution in [0.3, 0.4) is 0 Å². The topological polar surface area (TPSA) is 72.9 Å². The van der Waals surface area contributed by atoms with Gasteiger partial charge in [-0.3, -0.25) is 9.48 Å². The molecule has 0 radical (unpaired) electrons. The third kappa shape index (κ3) is 3.26. The lowest BCUT2D eigenvalue weighted by atomic mass is 9.75. The number of nitrogens with zero attached hydrogens (tertiary/aromatic N) is 2. The number of hydrogen-bond donors (Lipinski definition) is 2. The highest BCUT2D eigenvalue weighted by molar-refractivity contribution is 7.80. The second-order valence-electron chi connectivity index (χ2n) is 6.05. The summed E-state index contributed by atoms with van der Waals surface area (Å²) in [7, 11) is 1.77. The molecule has 2 rings (SSSR count). The average Bonchev–Trinajstić information content (AvgIpc) is 2.78. The minimum atomic E-state index is -0.545. The van der Waals surface area contributed by atoms with Crippen LogP contribution in [0, 0.1) is 12.8 Å². The van der Waals surface area contributed by atoms with Crippen LogP contribution in [0.15, 0.2) is 6.07 Å². The summed E-state index contributed by atoms with van der Waals surface area (Å²) in [6.07, 6.45) is 4.92. The van der Waals surface area contributed by atoms with E-state index in [-0.39, 0.29) is 5.91 Å². The van der Waals surface area contributed by atoms with Gasteiger partial charge in [0.2, 0.25) is 0 Å². The summed E-state index contributed by atoms with van der Waals surface area (Å²) in [6.45, 7) is 4.07. The highest BCUT2D eigenvalue weighted by atomic mass is 32.1. The summed E-state index contributed by atoms with van der Waals surface area (Å²) >= 11 is 5.25. The number of nitrogens with one attached hydrogen (secondary N) is 1. The van der Waals surface area contributed by atoms with Crippen molar-refractivity contribution >= 4 is 23.1 Å². The van der Waals surface area contributed by atoms with Crippen LogP contribution in [0.1, 0.15) is 55.2 Å². The van der Waals surface area contributed by atoms with Crippen LogP contribution in [0.2, 0.25) is 0 Å². The summed E-state index contributed by atoms with van der Waals surface area (Å²) in [5.74, 6) is 0.559. The largest absolute Gasteiger partial charge is 0.391 e. The van der Waals surface area contributed by atoms with Gasteiger partial charge in [-0.05, 0) is 44.6 Å². The number of carbonyl (C=O) groups is 1. The zero-order valence-electron chi connectivity index (χ0n) is 13.0. The molecule has 0 aliphatic heterocycles. The van der Waals surface area contributed by atoms with Crippen LogP contribution in [0.5, 0.6) is 0 Å². The fourth-order valence-corrected chi connectivity index (χ4v) is 3.37. The van der Waals surface area contributed by atoms with E-state index in [1.807, 2.05) is 6.92 Å². The lowest BCUT2D eigenvalue weighted by Gasteiger charge is -2.39. The van der Waals surface area contributed by atoms with Crippen molar-refractivity contribution in [3.8, 4) is 0 Å². The maximum absolute atomic E-state index is 12.5. The molecule has 5 nitrogen and oxygen atoms in total. The van der Waals surface area contributed by atoms with E-state index in [4.69, 9.17) is 18.0 Å². The van der Waals surface area contributed by atoms with Crippen molar-refractivity contribution in [2.45, 2.75) is 51.5 Å². The molecule has 3 N–H and O–H groups in total. The quantitative estimate of drug-likeness (QED) is 0.835. The highest BCUT2D eigenvalue weighted by Gasteiger charge is 2.39. The third-order valence-corrected chi connectivity index (χ3v) is 4.99. The van der Waals surface area contributed by atoms with Crippen LogP contribution < -0.4 is 11.1 Å². The van der Waals surface area contributed by atoms with E-state index in [2.05, 4.69) is 17.3 Å². The molecular formula is C15H24N4OS. The zero-order valence-corrected chi connectivity index (χ0v) is 13.8. The van der Waals surface area contributed by atoms with Gasteiger partial charge in [0.1, 0.15) is 5.69 Å². The smallest absolute Gasteiger partial charge is 0.270 e. The molecule has 0 atom stereocenters. The van der Waals surface area contributed by atoms with Gasteiger partial charge in [0.25, 0.3) is 5.91 Å². The highest BCUT2D eigenvalue weighted by Crippen LogP contribution is 2.34. The number of hydrogen-bond acceptors (Lipinski definition) is 3. The molecule has 1 amide bonds. The average molecular weight is 308 g/mol. The van der Waals surface area contributed by atoms with E-state index in [9.17, 15) is 4.79 Å². The van der Waals surface area contributed by atoms with E-state index >= 15 is 0 Å². The molecule has 1 aromatic heterocycles. The van der Waals surface area contributed by atoms with Crippen LogP contribution in [-0.2, 0) is 7.05 Å². The molecular weight excluding hydrogens is 284 g/mol. The standard InChI is InChI=1S/C15H24N4OS/c1-4-11-5-7-15(8-6-11,14(16)21)17-13(20)12-9-10(2)18-19(12)3/h9,11H,4-8H2,1-3H3,(H2,16,21)(H,17,20). The minimum absolute atomic E-state index is 0.152. The molecule has 0 aromatic carbocycles. The van der Waals surface area contributed by atoms with E-state index in [0.29, 0.717) is 16.6 Å². The molecule has 0 saturated heterocycles. The number of amides is 1. The molecule has 21 heavy (non-hydrogen) atoms. The summed E-state index contributed by atoms with van der Waals surface area (Å²) in [6, 6.07) is 1.78. The van der Waals surface area contributed by atoms with Crippen molar-refractivity contribution < 1.29 is 4.79 Å². The van der Waals surface area contributed by atoms with Gasteiger partial charge >= 0.3 is 0 Å². The number of rotatable bonds is 4. The van der Waals surface area contributed by atoms with Gasteiger partial charge in [-0.2, -0.15) is 5.10 Å². The number of carbonyl (C=O) groups excluding carboxylic acids is 1. The Morgan fingerprint density at radius 1 is 1.57 bits per heavy atom. The van der Waals surface area contributed by atoms with Crippen LogP contribution in [0.25, 0.3) is 0 Å². The number of aryl methyl sites for hydroxylation is 2. The first-order valence-electron chi connectivity index (χ1n) is 7.51. The van der Waals surface area contributed by atoms with Crippen molar-refractivity contribution in [1.29, 1.82) is 0 Å². The number of thiocarbonyl (C=S) groups is 1. The molecule has 1 aliphatic carbocycles. The Bertz CT molecular complexity index is 544. The van der Waals surface area contributed by atoms with Crippen molar-refractivity contribution in [2.75, 3.05) is 0 Å². The summed E-state index contributed by atoms with van der Waals surface area (Å²) in [5, 5.41) is 7.29. The van der Waals surface area contributed by atoms with Crippen molar-refractivity contribution in [3.05, 3.63) is 17.5 Å². The molecule has 6 heteroatoms. The van der Waals surface area contributed by atoms with Gasteiger partial charge in [-0.25, -0.2) is 0 Å². The SMILES string of the molecule is CCC1CCC(NC(=O)c2cc(C)nn2C)(C(N)=S)CC1. The molecule has 1 fully saturated rings. The predicted molar refractivity (Wildman–Crippen MR) is 87.2 cm³/mol. The maximum atomic E-state index is 12.5. The van der Waals surface area contributed by atoms with Crippen molar-refractivity contribution in [3.63, 3.8) is 0 Å². The predicted octanol–water partition coefficient (Wildman–Crippen LogP) is 2.08. The molecule has 0 unspecified atom stereocenters. The summed E-state index contributed by atoms with van der Waals surface area (Å²) in [4.78, 5) is 12.9. The zero-order chi connectivity index (χ0) is 15.6. The first-order chi connectivity index (χ1) is 9.88. The second kappa shape index (κ2) is 6.13. The minimum Gasteiger partial charge on any atom is -0.391 e. The fourth-order valence-electron chi connectivity index (χ4n) is 3.12. The third-order valence-electron chi connectivity index (χ3n) is 4.60. The Balaban J connectivity index is 2.16. The van der Waals surface area contributed by atoms with Gasteiger partial charge < -0.3 is 11.1 Å². The van der Waals surface area contributed by atoms with Gasteiger partial charge in [-0.1, -0.05) is 25.6 Å². The van der Waals surface area contributed by atoms with E-state index < -0.39 is 5.54 Å².